The van der Waals surface area contributed by atoms with Crippen LogP contribution in [0.2, 0.25) is 0 Å². The van der Waals surface area contributed by atoms with E-state index in [1.54, 1.807) is 6.07 Å². The zero-order valence-electron chi connectivity index (χ0n) is 9.40. The Morgan fingerprint density at radius 2 is 2.16 bits per heavy atom. The lowest BCUT2D eigenvalue weighted by Crippen LogP contribution is -2.10. The van der Waals surface area contributed by atoms with Crippen LogP contribution in [0.15, 0.2) is 18.2 Å². The minimum atomic E-state index is -4.32. The van der Waals surface area contributed by atoms with Crippen LogP contribution in [-0.4, -0.2) is 22.7 Å². The molecule has 0 atom stereocenters. The maximum atomic E-state index is 11.9. The van der Waals surface area contributed by atoms with Crippen LogP contribution in [0.4, 0.5) is 24.5 Å². The number of hydrogen-bond acceptors (Lipinski definition) is 5. The molecule has 1 rings (SSSR count). The molecule has 0 aliphatic carbocycles. The fourth-order valence-electron chi connectivity index (χ4n) is 1.25. The molecule has 9 heteroatoms. The fourth-order valence-corrected chi connectivity index (χ4v) is 1.69. The van der Waals surface area contributed by atoms with Gasteiger partial charge in [0.25, 0.3) is 5.69 Å². The highest BCUT2D eigenvalue weighted by atomic mass is 32.2. The number of anilines is 1. The maximum absolute atomic E-state index is 11.9. The summed E-state index contributed by atoms with van der Waals surface area (Å²) in [4.78, 5) is 10.1. The Labute approximate surface area is 110 Å². The van der Waals surface area contributed by atoms with Gasteiger partial charge in [0.15, 0.2) is 0 Å². The summed E-state index contributed by atoms with van der Waals surface area (Å²) in [6, 6.07) is 5.47. The first-order chi connectivity index (χ1) is 8.83. The van der Waals surface area contributed by atoms with E-state index >= 15 is 0 Å². The highest BCUT2D eigenvalue weighted by molar-refractivity contribution is 8.00. The van der Waals surface area contributed by atoms with Gasteiger partial charge in [-0.05, 0) is 23.9 Å². The number of benzene rings is 1. The number of halogens is 3. The van der Waals surface area contributed by atoms with Gasteiger partial charge in [-0.1, -0.05) is 0 Å². The van der Waals surface area contributed by atoms with E-state index in [0.717, 1.165) is 6.07 Å². The van der Waals surface area contributed by atoms with Gasteiger partial charge in [-0.25, -0.2) is 0 Å². The molecule has 0 amide bonds. The Morgan fingerprint density at radius 3 is 2.68 bits per heavy atom. The first-order valence-corrected chi connectivity index (χ1v) is 5.95. The number of nitro groups is 1. The molecule has 0 aromatic heterocycles. The van der Waals surface area contributed by atoms with Crippen molar-refractivity contribution < 1.29 is 18.1 Å². The van der Waals surface area contributed by atoms with Gasteiger partial charge in [0.2, 0.25) is 0 Å². The van der Waals surface area contributed by atoms with Crippen molar-refractivity contribution in [3.63, 3.8) is 0 Å². The molecule has 0 bridgehead atoms. The normalized spacial score (nSPS) is 10.8. The third kappa shape index (κ3) is 5.05. The summed E-state index contributed by atoms with van der Waals surface area (Å²) in [6.07, 6.45) is 0. The van der Waals surface area contributed by atoms with Gasteiger partial charge in [-0.3, -0.25) is 10.1 Å². The summed E-state index contributed by atoms with van der Waals surface area (Å²) < 4.78 is 35.6. The number of nitrogens with one attached hydrogen (secondary N) is 1. The van der Waals surface area contributed by atoms with Crippen molar-refractivity contribution in [3.8, 4) is 6.07 Å². The number of nitro benzene ring substituents is 1. The molecule has 5 nitrogen and oxygen atoms in total. The number of hydrogen-bond donors (Lipinski definition) is 1. The summed E-state index contributed by atoms with van der Waals surface area (Å²) in [7, 11) is 0. The molecule has 0 radical (unpaired) electrons. The average molecular weight is 291 g/mol. The lowest BCUT2D eigenvalue weighted by Gasteiger charge is -2.08. The van der Waals surface area contributed by atoms with Crippen molar-refractivity contribution in [1.29, 1.82) is 5.26 Å². The second kappa shape index (κ2) is 6.29. The second-order valence-corrected chi connectivity index (χ2v) is 4.48. The molecule has 0 aliphatic heterocycles. The minimum Gasteiger partial charge on any atom is -0.379 e. The lowest BCUT2D eigenvalue weighted by molar-refractivity contribution is -0.384. The molecule has 102 valence electrons. The quantitative estimate of drug-likeness (QED) is 0.512. The Hall–Kier alpha value is -1.95. The monoisotopic (exact) mass is 291 g/mol. The molecule has 0 saturated carbocycles. The summed E-state index contributed by atoms with van der Waals surface area (Å²) in [5.74, 6) is -0.263. The molecule has 0 heterocycles. The van der Waals surface area contributed by atoms with Gasteiger partial charge in [-0.2, -0.15) is 18.4 Å². The standard InChI is InChI=1S/C10H8F3N3O2S/c11-10(12,13)19-4-3-15-8-2-1-7(6-14)5-9(8)16(17)18/h1-2,5,15H,3-4H2. The van der Waals surface area contributed by atoms with E-state index in [4.69, 9.17) is 5.26 Å². The van der Waals surface area contributed by atoms with E-state index in [1.807, 2.05) is 0 Å². The third-order valence-electron chi connectivity index (χ3n) is 2.01. The Morgan fingerprint density at radius 1 is 1.47 bits per heavy atom. The molecule has 0 fully saturated rings. The largest absolute Gasteiger partial charge is 0.441 e. The van der Waals surface area contributed by atoms with Crippen molar-refractivity contribution in [2.45, 2.75) is 5.51 Å². The summed E-state index contributed by atoms with van der Waals surface area (Å²) in [6.45, 7) is -0.0725. The van der Waals surface area contributed by atoms with Crippen LogP contribution in [0.3, 0.4) is 0 Å². The number of alkyl halides is 3. The van der Waals surface area contributed by atoms with Crippen molar-refractivity contribution in [3.05, 3.63) is 33.9 Å². The van der Waals surface area contributed by atoms with Crippen LogP contribution in [0.25, 0.3) is 0 Å². The summed E-state index contributed by atoms with van der Waals surface area (Å²) in [5.41, 5.74) is -4.46. The van der Waals surface area contributed by atoms with Gasteiger partial charge in [0.1, 0.15) is 5.69 Å². The summed E-state index contributed by atoms with van der Waals surface area (Å²) in [5, 5.41) is 21.9. The van der Waals surface area contributed by atoms with E-state index in [2.05, 4.69) is 5.32 Å². The molecule has 19 heavy (non-hydrogen) atoms. The molecule has 1 aromatic rings. The average Bonchev–Trinajstić information content (AvgIpc) is 2.33. The predicted octanol–water partition coefficient (Wildman–Crippen LogP) is 3.13. The molecule has 0 spiro atoms. The molecule has 1 aromatic carbocycles. The van der Waals surface area contributed by atoms with Crippen LogP contribution < -0.4 is 5.32 Å². The van der Waals surface area contributed by atoms with Crippen LogP contribution in [0.1, 0.15) is 5.56 Å². The van der Waals surface area contributed by atoms with Gasteiger partial charge >= 0.3 is 5.51 Å². The Balaban J connectivity index is 2.68. The highest BCUT2D eigenvalue weighted by Gasteiger charge is 2.27. The van der Waals surface area contributed by atoms with E-state index in [1.165, 1.54) is 12.1 Å². The third-order valence-corrected chi connectivity index (χ3v) is 2.74. The van der Waals surface area contributed by atoms with E-state index in [0.29, 0.717) is 0 Å². The first-order valence-electron chi connectivity index (χ1n) is 4.96. The molecule has 0 unspecified atom stereocenters. The highest BCUT2D eigenvalue weighted by Crippen LogP contribution is 2.30. The van der Waals surface area contributed by atoms with Crippen LogP contribution in [0.5, 0.6) is 0 Å². The SMILES string of the molecule is N#Cc1ccc(NCCSC(F)(F)F)c([N+](=O)[O-])c1. The molecular weight excluding hydrogens is 283 g/mol. The van der Waals surface area contributed by atoms with Crippen LogP contribution in [0, 0.1) is 21.4 Å². The smallest absolute Gasteiger partial charge is 0.379 e. The number of thioether (sulfide) groups is 1. The van der Waals surface area contributed by atoms with Crippen molar-refractivity contribution >= 4 is 23.1 Å². The molecule has 0 aliphatic rings. The van der Waals surface area contributed by atoms with Crippen molar-refractivity contribution in [2.24, 2.45) is 0 Å². The Bertz CT molecular complexity index is 514. The van der Waals surface area contributed by atoms with Gasteiger partial charge in [0, 0.05) is 18.4 Å². The van der Waals surface area contributed by atoms with Crippen LogP contribution in [-0.2, 0) is 0 Å². The van der Waals surface area contributed by atoms with E-state index < -0.39 is 10.4 Å². The summed E-state index contributed by atoms with van der Waals surface area (Å²) >= 11 is -0.210. The predicted molar refractivity (Wildman–Crippen MR) is 64.8 cm³/mol. The number of rotatable bonds is 5. The van der Waals surface area contributed by atoms with E-state index in [-0.39, 0.29) is 41.0 Å². The minimum absolute atomic E-state index is 0.0725. The number of nitrogens with zero attached hydrogens (tertiary/aromatic N) is 2. The number of nitriles is 1. The molecule has 1 N–H and O–H groups in total. The topological polar surface area (TPSA) is 79.0 Å². The van der Waals surface area contributed by atoms with Gasteiger partial charge in [-0.15, -0.1) is 0 Å². The zero-order chi connectivity index (χ0) is 14.5. The van der Waals surface area contributed by atoms with Gasteiger partial charge in [0.05, 0.1) is 16.6 Å². The second-order valence-electron chi connectivity index (χ2n) is 3.32. The fraction of sp³-hybridized carbons (Fsp3) is 0.300. The Kier molecular flexibility index (Phi) is 5.00. The van der Waals surface area contributed by atoms with Crippen LogP contribution >= 0.6 is 11.8 Å². The zero-order valence-corrected chi connectivity index (χ0v) is 10.2. The first kappa shape index (κ1) is 15.1. The van der Waals surface area contributed by atoms with E-state index in [9.17, 15) is 23.3 Å². The molecule has 0 saturated heterocycles. The van der Waals surface area contributed by atoms with Crippen molar-refractivity contribution in [1.82, 2.24) is 0 Å². The van der Waals surface area contributed by atoms with Crippen molar-refractivity contribution in [2.75, 3.05) is 17.6 Å². The lowest BCUT2D eigenvalue weighted by atomic mass is 10.2. The maximum Gasteiger partial charge on any atom is 0.441 e. The molecular formula is C10H8F3N3O2S. The van der Waals surface area contributed by atoms with Gasteiger partial charge < -0.3 is 5.32 Å².